The van der Waals surface area contributed by atoms with Crippen molar-refractivity contribution >= 4 is 0 Å². The first kappa shape index (κ1) is 10.6. The van der Waals surface area contributed by atoms with E-state index in [1.54, 1.807) is 0 Å². The van der Waals surface area contributed by atoms with Crippen molar-refractivity contribution in [2.75, 3.05) is 0 Å². The van der Waals surface area contributed by atoms with Crippen LogP contribution in [-0.4, -0.2) is 9.97 Å². The Morgan fingerprint density at radius 3 is 2.50 bits per heavy atom. The quantitative estimate of drug-likeness (QED) is 0.770. The second-order valence-electron chi connectivity index (χ2n) is 3.76. The van der Waals surface area contributed by atoms with E-state index < -0.39 is 0 Å². The van der Waals surface area contributed by atoms with Crippen molar-refractivity contribution in [1.82, 2.24) is 9.97 Å². The highest BCUT2D eigenvalue weighted by atomic mass is 16.5. The Hall–Kier alpha value is -1.90. The molecule has 82 valence electrons. The predicted octanol–water partition coefficient (Wildman–Crippen LogP) is 3.19. The van der Waals surface area contributed by atoms with Crippen LogP contribution in [0.1, 0.15) is 16.8 Å². The van der Waals surface area contributed by atoms with Crippen LogP contribution in [0.3, 0.4) is 0 Å². The summed E-state index contributed by atoms with van der Waals surface area (Å²) in [6, 6.07) is 7.89. The maximum absolute atomic E-state index is 5.77. The molecule has 0 aliphatic carbocycles. The molecule has 16 heavy (non-hydrogen) atoms. The fourth-order valence-electron chi connectivity index (χ4n) is 1.39. The number of rotatable bonds is 2. The van der Waals surface area contributed by atoms with E-state index in [0.29, 0.717) is 5.88 Å². The zero-order chi connectivity index (χ0) is 11.5. The fourth-order valence-corrected chi connectivity index (χ4v) is 1.39. The number of hydrogen-bond donors (Lipinski definition) is 0. The van der Waals surface area contributed by atoms with Crippen LogP contribution in [0.25, 0.3) is 0 Å². The molecule has 0 amide bonds. The number of benzene rings is 1. The van der Waals surface area contributed by atoms with Crippen molar-refractivity contribution in [2.45, 2.75) is 20.8 Å². The number of ether oxygens (including phenoxy) is 1. The van der Waals surface area contributed by atoms with Gasteiger partial charge in [0.25, 0.3) is 0 Å². The van der Waals surface area contributed by atoms with Crippen LogP contribution in [0, 0.1) is 20.8 Å². The second kappa shape index (κ2) is 4.31. The molecular weight excluding hydrogens is 200 g/mol. The third kappa shape index (κ3) is 2.03. The van der Waals surface area contributed by atoms with Crippen LogP contribution < -0.4 is 4.74 Å². The minimum Gasteiger partial charge on any atom is -0.438 e. The summed E-state index contributed by atoms with van der Waals surface area (Å²) in [5.74, 6) is 1.46. The number of aromatic nitrogens is 2. The van der Waals surface area contributed by atoms with Gasteiger partial charge in [-0.25, -0.2) is 9.97 Å². The Morgan fingerprint density at radius 1 is 1.00 bits per heavy atom. The van der Waals surface area contributed by atoms with Crippen molar-refractivity contribution in [3.8, 4) is 11.6 Å². The van der Waals surface area contributed by atoms with E-state index in [1.165, 1.54) is 6.33 Å². The Labute approximate surface area is 95.1 Å². The van der Waals surface area contributed by atoms with Gasteiger partial charge in [0.15, 0.2) is 0 Å². The van der Waals surface area contributed by atoms with Gasteiger partial charge in [-0.1, -0.05) is 18.2 Å². The summed E-state index contributed by atoms with van der Waals surface area (Å²) in [6.07, 6.45) is 1.52. The minimum absolute atomic E-state index is 0.627. The topological polar surface area (TPSA) is 35.0 Å². The lowest BCUT2D eigenvalue weighted by Crippen LogP contribution is -1.96. The molecule has 3 nitrogen and oxygen atoms in total. The molecular formula is C13H14N2O. The summed E-state index contributed by atoms with van der Waals surface area (Å²) < 4.78 is 5.77. The van der Waals surface area contributed by atoms with Crippen LogP contribution in [0.2, 0.25) is 0 Å². The van der Waals surface area contributed by atoms with Gasteiger partial charge in [-0.05, 0) is 32.4 Å². The molecule has 0 spiro atoms. The molecule has 0 aliphatic heterocycles. The molecule has 2 aromatic rings. The third-order valence-corrected chi connectivity index (χ3v) is 2.59. The average Bonchev–Trinajstić information content (AvgIpc) is 2.28. The van der Waals surface area contributed by atoms with Crippen LogP contribution in [0.5, 0.6) is 11.6 Å². The van der Waals surface area contributed by atoms with Gasteiger partial charge in [-0.3, -0.25) is 0 Å². The molecule has 0 unspecified atom stereocenters. The first-order valence-corrected chi connectivity index (χ1v) is 5.20. The molecule has 2 rings (SSSR count). The number of nitrogens with zero attached hydrogens (tertiary/aromatic N) is 2. The van der Waals surface area contributed by atoms with E-state index in [-0.39, 0.29) is 0 Å². The summed E-state index contributed by atoms with van der Waals surface area (Å²) in [6.45, 7) is 5.92. The smallest absolute Gasteiger partial charge is 0.225 e. The summed E-state index contributed by atoms with van der Waals surface area (Å²) >= 11 is 0. The average molecular weight is 214 g/mol. The van der Waals surface area contributed by atoms with E-state index in [0.717, 1.165) is 22.6 Å². The molecule has 0 bridgehead atoms. The van der Waals surface area contributed by atoms with Gasteiger partial charge in [0, 0.05) is 11.3 Å². The Balaban J connectivity index is 2.35. The SMILES string of the molecule is Cc1ccccc1Oc1ncnc(C)c1C. The zero-order valence-corrected chi connectivity index (χ0v) is 9.69. The van der Waals surface area contributed by atoms with E-state index in [1.807, 2.05) is 45.0 Å². The first-order valence-electron chi connectivity index (χ1n) is 5.20. The largest absolute Gasteiger partial charge is 0.438 e. The summed E-state index contributed by atoms with van der Waals surface area (Å²) in [7, 11) is 0. The molecule has 0 saturated carbocycles. The molecule has 1 heterocycles. The molecule has 0 aliphatic rings. The van der Waals surface area contributed by atoms with E-state index >= 15 is 0 Å². The van der Waals surface area contributed by atoms with Crippen LogP contribution >= 0.6 is 0 Å². The Bertz CT molecular complexity index is 509. The first-order chi connectivity index (χ1) is 7.68. The van der Waals surface area contributed by atoms with Crippen LogP contribution in [0.15, 0.2) is 30.6 Å². The summed E-state index contributed by atoms with van der Waals surface area (Å²) in [4.78, 5) is 8.25. The Morgan fingerprint density at radius 2 is 1.75 bits per heavy atom. The lowest BCUT2D eigenvalue weighted by Gasteiger charge is -2.10. The highest BCUT2D eigenvalue weighted by molar-refractivity contribution is 5.37. The van der Waals surface area contributed by atoms with Gasteiger partial charge in [0.1, 0.15) is 12.1 Å². The van der Waals surface area contributed by atoms with E-state index in [9.17, 15) is 0 Å². The van der Waals surface area contributed by atoms with Crippen molar-refractivity contribution in [2.24, 2.45) is 0 Å². The van der Waals surface area contributed by atoms with Crippen molar-refractivity contribution < 1.29 is 4.74 Å². The standard InChI is InChI=1S/C13H14N2O/c1-9-6-4-5-7-12(9)16-13-10(2)11(3)14-8-15-13/h4-8H,1-3H3. The summed E-state index contributed by atoms with van der Waals surface area (Å²) in [5.41, 5.74) is 3.02. The van der Waals surface area contributed by atoms with Crippen LogP contribution in [0.4, 0.5) is 0 Å². The van der Waals surface area contributed by atoms with E-state index in [2.05, 4.69) is 9.97 Å². The molecule has 0 N–H and O–H groups in total. The maximum Gasteiger partial charge on any atom is 0.225 e. The van der Waals surface area contributed by atoms with E-state index in [4.69, 9.17) is 4.74 Å². The predicted molar refractivity (Wildman–Crippen MR) is 62.8 cm³/mol. The number of aryl methyl sites for hydroxylation is 2. The van der Waals surface area contributed by atoms with Gasteiger partial charge >= 0.3 is 0 Å². The third-order valence-electron chi connectivity index (χ3n) is 2.59. The molecule has 3 heteroatoms. The highest BCUT2D eigenvalue weighted by Gasteiger charge is 2.06. The molecule has 1 aromatic carbocycles. The molecule has 0 radical (unpaired) electrons. The lowest BCUT2D eigenvalue weighted by molar-refractivity contribution is 0.453. The highest BCUT2D eigenvalue weighted by Crippen LogP contribution is 2.25. The fraction of sp³-hybridized carbons (Fsp3) is 0.231. The number of para-hydroxylation sites is 1. The van der Waals surface area contributed by atoms with Gasteiger partial charge in [0.2, 0.25) is 5.88 Å². The van der Waals surface area contributed by atoms with Crippen molar-refractivity contribution in [3.05, 3.63) is 47.4 Å². The van der Waals surface area contributed by atoms with Gasteiger partial charge in [-0.15, -0.1) is 0 Å². The monoisotopic (exact) mass is 214 g/mol. The van der Waals surface area contributed by atoms with Gasteiger partial charge in [-0.2, -0.15) is 0 Å². The summed E-state index contributed by atoms with van der Waals surface area (Å²) in [5, 5.41) is 0. The van der Waals surface area contributed by atoms with Crippen molar-refractivity contribution in [1.29, 1.82) is 0 Å². The Kier molecular flexibility index (Phi) is 2.86. The molecule has 1 aromatic heterocycles. The maximum atomic E-state index is 5.77. The molecule has 0 fully saturated rings. The van der Waals surface area contributed by atoms with Gasteiger partial charge < -0.3 is 4.74 Å². The van der Waals surface area contributed by atoms with Crippen LogP contribution in [-0.2, 0) is 0 Å². The number of hydrogen-bond acceptors (Lipinski definition) is 3. The van der Waals surface area contributed by atoms with Crippen molar-refractivity contribution in [3.63, 3.8) is 0 Å². The molecule has 0 atom stereocenters. The zero-order valence-electron chi connectivity index (χ0n) is 9.69. The molecule has 0 saturated heterocycles. The normalized spacial score (nSPS) is 10.2. The lowest BCUT2D eigenvalue weighted by atomic mass is 10.2. The van der Waals surface area contributed by atoms with Gasteiger partial charge in [0.05, 0.1) is 0 Å². The minimum atomic E-state index is 0.627. The second-order valence-corrected chi connectivity index (χ2v) is 3.76.